The zero-order valence-corrected chi connectivity index (χ0v) is 27.6. The van der Waals surface area contributed by atoms with E-state index in [1.54, 1.807) is 12.1 Å². The Kier molecular flexibility index (Phi) is 14.0. The van der Waals surface area contributed by atoms with E-state index < -0.39 is 34.7 Å². The summed E-state index contributed by atoms with van der Waals surface area (Å²) in [6.45, 7) is 4.22. The van der Waals surface area contributed by atoms with Gasteiger partial charge >= 0.3 is 5.97 Å². The summed E-state index contributed by atoms with van der Waals surface area (Å²) in [5.74, 6) is -2.29. The molecule has 0 saturated carbocycles. The summed E-state index contributed by atoms with van der Waals surface area (Å²) in [7, 11) is -3.80. The van der Waals surface area contributed by atoms with Crippen molar-refractivity contribution in [2.75, 3.05) is 17.6 Å². The first-order valence-corrected chi connectivity index (χ1v) is 17.0. The highest BCUT2D eigenvalue weighted by Crippen LogP contribution is 2.42. The molecular weight excluding hydrogens is 641 g/mol. The van der Waals surface area contributed by atoms with Gasteiger partial charge in [-0.3, -0.25) is 14.1 Å². The van der Waals surface area contributed by atoms with Gasteiger partial charge in [0.1, 0.15) is 5.82 Å². The summed E-state index contributed by atoms with van der Waals surface area (Å²) in [6.07, 6.45) is -2.51. The molecule has 0 bridgehead atoms. The number of amides is 1. The summed E-state index contributed by atoms with van der Waals surface area (Å²) < 4.78 is 43.3. The Morgan fingerprint density at radius 1 is 0.896 bits per heavy atom. The molecule has 0 saturated heterocycles. The SMILES string of the molecule is CC(C)c1c(C(=O)Nc2ccccc2)c(-c2ccccc2)c(-c2ccc(F)cc2)n1CC[C@@H](O)C[C@@H](O)CC(=O)O.NCCS(=O)(=O)O. The molecule has 0 fully saturated rings. The highest BCUT2D eigenvalue weighted by molar-refractivity contribution is 7.85. The molecule has 48 heavy (non-hydrogen) atoms. The molecule has 0 unspecified atom stereocenters. The molecule has 4 aromatic rings. The smallest absolute Gasteiger partial charge is 0.305 e. The van der Waals surface area contributed by atoms with Crippen LogP contribution in [0, 0.1) is 5.82 Å². The van der Waals surface area contributed by atoms with Gasteiger partial charge in [-0.15, -0.1) is 0 Å². The number of halogens is 1. The first-order chi connectivity index (χ1) is 22.7. The maximum absolute atomic E-state index is 14.0. The maximum atomic E-state index is 14.0. The fourth-order valence-electron chi connectivity index (χ4n) is 5.35. The summed E-state index contributed by atoms with van der Waals surface area (Å²) in [5, 5.41) is 32.8. The van der Waals surface area contributed by atoms with Crippen LogP contribution in [0.2, 0.25) is 0 Å². The van der Waals surface area contributed by atoms with Crippen molar-refractivity contribution in [1.29, 1.82) is 0 Å². The predicted octanol–water partition coefficient (Wildman–Crippen LogP) is 5.15. The van der Waals surface area contributed by atoms with E-state index >= 15 is 0 Å². The molecule has 13 heteroatoms. The fourth-order valence-corrected chi connectivity index (χ4v) is 5.65. The first-order valence-electron chi connectivity index (χ1n) is 15.4. The van der Waals surface area contributed by atoms with Gasteiger partial charge in [-0.05, 0) is 66.3 Å². The number of hydrogen-bond acceptors (Lipinski definition) is 7. The van der Waals surface area contributed by atoms with Gasteiger partial charge in [-0.25, -0.2) is 4.39 Å². The number of carboxylic acid groups (broad SMARTS) is 1. The Hall–Kier alpha value is -4.40. The molecule has 0 aliphatic heterocycles. The standard InChI is InChI=1S/C33H35FN2O5.C2H7NO3S/c1-21(2)31-30(33(41)35-25-11-7-4-8-12-25)29(22-9-5-3-6-10-22)32(23-13-15-24(34)16-14-23)36(31)18-17-26(37)19-27(38)20-28(39)40;3-1-2-7(4,5)6/h3-16,21,26-27,37-38H,17-20H2,1-2H3,(H,35,41)(H,39,40);1-3H2,(H,4,5,6)/t26-,27-;/m1./s1. The number of para-hydroxylation sites is 1. The van der Waals surface area contributed by atoms with Crippen molar-refractivity contribution >= 4 is 27.7 Å². The van der Waals surface area contributed by atoms with Crippen molar-refractivity contribution in [2.45, 2.75) is 57.8 Å². The Morgan fingerprint density at radius 3 is 1.98 bits per heavy atom. The van der Waals surface area contributed by atoms with Crippen LogP contribution in [0.5, 0.6) is 0 Å². The number of nitrogens with one attached hydrogen (secondary N) is 1. The van der Waals surface area contributed by atoms with Crippen molar-refractivity contribution in [3.05, 3.63) is 102 Å². The van der Waals surface area contributed by atoms with Crippen LogP contribution in [0.3, 0.4) is 0 Å². The Labute approximate surface area is 279 Å². The third-order valence-corrected chi connectivity index (χ3v) is 8.06. The molecule has 1 heterocycles. The number of carboxylic acids is 1. The maximum Gasteiger partial charge on any atom is 0.305 e. The van der Waals surface area contributed by atoms with Crippen LogP contribution in [-0.4, -0.2) is 69.2 Å². The number of benzene rings is 3. The minimum Gasteiger partial charge on any atom is -0.481 e. The number of nitrogens with two attached hydrogens (primary N) is 1. The van der Waals surface area contributed by atoms with E-state index in [2.05, 4.69) is 5.32 Å². The number of nitrogens with zero attached hydrogens (tertiary/aromatic N) is 1. The summed E-state index contributed by atoms with van der Waals surface area (Å²) >= 11 is 0. The first kappa shape index (κ1) is 38.1. The van der Waals surface area contributed by atoms with E-state index in [0.29, 0.717) is 28.1 Å². The molecule has 3 aromatic carbocycles. The van der Waals surface area contributed by atoms with Crippen LogP contribution >= 0.6 is 0 Å². The van der Waals surface area contributed by atoms with Crippen LogP contribution in [0.15, 0.2) is 84.9 Å². The molecule has 11 nitrogen and oxygen atoms in total. The van der Waals surface area contributed by atoms with Crippen LogP contribution in [-0.2, 0) is 21.5 Å². The van der Waals surface area contributed by atoms with Gasteiger partial charge in [0.15, 0.2) is 0 Å². The Morgan fingerprint density at radius 2 is 1.48 bits per heavy atom. The fraction of sp³-hybridized carbons (Fsp3) is 0.314. The highest BCUT2D eigenvalue weighted by Gasteiger charge is 2.31. The number of carbonyl (C=O) groups excluding carboxylic acids is 1. The van der Waals surface area contributed by atoms with Gasteiger partial charge < -0.3 is 30.9 Å². The van der Waals surface area contributed by atoms with E-state index in [0.717, 1.165) is 11.3 Å². The predicted molar refractivity (Wildman–Crippen MR) is 183 cm³/mol. The second-order valence-electron chi connectivity index (χ2n) is 11.5. The number of aliphatic hydroxyl groups excluding tert-OH is 2. The minimum absolute atomic E-state index is 0.0289. The van der Waals surface area contributed by atoms with E-state index in [1.165, 1.54) is 12.1 Å². The van der Waals surface area contributed by atoms with Gasteiger partial charge in [0.05, 0.1) is 35.6 Å². The van der Waals surface area contributed by atoms with Crippen LogP contribution in [0.1, 0.15) is 55.1 Å². The third kappa shape index (κ3) is 11.1. The molecule has 1 aromatic heterocycles. The van der Waals surface area contributed by atoms with Gasteiger partial charge in [-0.1, -0.05) is 62.4 Å². The molecule has 0 spiro atoms. The second kappa shape index (κ2) is 17.7. The lowest BCUT2D eigenvalue weighted by Gasteiger charge is -2.20. The van der Waals surface area contributed by atoms with E-state index in [-0.39, 0.29) is 49.3 Å². The number of aliphatic hydroxyl groups is 2. The second-order valence-corrected chi connectivity index (χ2v) is 13.1. The zero-order valence-electron chi connectivity index (χ0n) is 26.8. The summed E-state index contributed by atoms with van der Waals surface area (Å²) in [4.78, 5) is 25.0. The average Bonchev–Trinajstić information content (AvgIpc) is 3.36. The normalized spacial score (nSPS) is 12.6. The number of aliphatic carboxylic acids is 1. The van der Waals surface area contributed by atoms with Crippen LogP contribution in [0.25, 0.3) is 22.4 Å². The molecule has 258 valence electrons. The lowest BCUT2D eigenvalue weighted by Crippen LogP contribution is -2.22. The van der Waals surface area contributed by atoms with E-state index in [9.17, 15) is 32.6 Å². The number of hydrogen-bond donors (Lipinski definition) is 6. The monoisotopic (exact) mass is 683 g/mol. The number of carbonyl (C=O) groups is 2. The number of aromatic nitrogens is 1. The average molecular weight is 684 g/mol. The molecule has 0 radical (unpaired) electrons. The highest BCUT2D eigenvalue weighted by atomic mass is 32.2. The Bertz CT molecular complexity index is 1750. The molecule has 0 aliphatic rings. The number of rotatable bonds is 14. The largest absolute Gasteiger partial charge is 0.481 e. The molecule has 4 rings (SSSR count). The molecule has 1 amide bonds. The van der Waals surface area contributed by atoms with Gasteiger partial charge in [0, 0.05) is 30.0 Å². The van der Waals surface area contributed by atoms with Crippen LogP contribution in [0.4, 0.5) is 10.1 Å². The number of anilines is 1. The lowest BCUT2D eigenvalue weighted by atomic mass is 9.94. The Balaban J connectivity index is 0.000000804. The van der Waals surface area contributed by atoms with Crippen molar-refractivity contribution < 1.29 is 42.3 Å². The van der Waals surface area contributed by atoms with Gasteiger partial charge in [-0.2, -0.15) is 8.42 Å². The van der Waals surface area contributed by atoms with E-state index in [1.807, 2.05) is 79.1 Å². The summed E-state index contributed by atoms with van der Waals surface area (Å²) in [5.41, 5.74) is 9.55. The quantitative estimate of drug-likeness (QED) is 0.0976. The van der Waals surface area contributed by atoms with Crippen molar-refractivity contribution in [3.8, 4) is 22.4 Å². The zero-order chi connectivity index (χ0) is 35.4. The van der Waals surface area contributed by atoms with Crippen molar-refractivity contribution in [3.63, 3.8) is 0 Å². The summed E-state index contributed by atoms with van der Waals surface area (Å²) in [6, 6.07) is 24.8. The van der Waals surface area contributed by atoms with Gasteiger partial charge in [0.2, 0.25) is 0 Å². The molecule has 0 aliphatic carbocycles. The minimum atomic E-state index is -3.80. The van der Waals surface area contributed by atoms with Crippen molar-refractivity contribution in [1.82, 2.24) is 4.57 Å². The van der Waals surface area contributed by atoms with Gasteiger partial charge in [0.25, 0.3) is 16.0 Å². The lowest BCUT2D eigenvalue weighted by molar-refractivity contribution is -0.139. The molecule has 2 atom stereocenters. The van der Waals surface area contributed by atoms with Crippen molar-refractivity contribution in [2.24, 2.45) is 5.73 Å². The van der Waals surface area contributed by atoms with E-state index in [4.69, 9.17) is 15.4 Å². The molecule has 7 N–H and O–H groups in total. The topological polar surface area (TPSA) is 192 Å². The molecular formula is C35H42FN3O8S. The third-order valence-electron chi connectivity index (χ3n) is 7.31. The van der Waals surface area contributed by atoms with Crippen LogP contribution < -0.4 is 11.1 Å².